The highest BCUT2D eigenvalue weighted by molar-refractivity contribution is 6.30. The molecule has 0 bridgehead atoms. The van der Waals surface area contributed by atoms with Crippen molar-refractivity contribution in [3.05, 3.63) is 53.6 Å². The molecule has 0 aromatic heterocycles. The number of benzene rings is 1. The molecule has 11 heteroatoms. The number of amides is 3. The number of ether oxygens (including phenoxy) is 2. The molecule has 2 saturated heterocycles. The van der Waals surface area contributed by atoms with Crippen LogP contribution in [0.2, 0.25) is 5.02 Å². The van der Waals surface area contributed by atoms with Crippen molar-refractivity contribution in [2.24, 2.45) is 11.8 Å². The fourth-order valence-electron chi connectivity index (χ4n) is 6.00. The van der Waals surface area contributed by atoms with Crippen molar-refractivity contribution in [3.8, 4) is 0 Å². The molecule has 208 valence electrons. The molecule has 4 aliphatic heterocycles. The number of fused-ring (bicyclic) bond motifs is 2. The van der Waals surface area contributed by atoms with E-state index in [-0.39, 0.29) is 50.9 Å². The van der Waals surface area contributed by atoms with Crippen LogP contribution in [0.1, 0.15) is 26.2 Å². The number of anilines is 1. The van der Waals surface area contributed by atoms with Gasteiger partial charge >= 0.3 is 5.97 Å². The van der Waals surface area contributed by atoms with Crippen LogP contribution in [0.25, 0.3) is 0 Å². The van der Waals surface area contributed by atoms with E-state index < -0.39 is 47.6 Å². The van der Waals surface area contributed by atoms with E-state index in [9.17, 15) is 24.3 Å². The first-order valence-electron chi connectivity index (χ1n) is 13.2. The molecular formula is C28H32ClN3O7. The Morgan fingerprint density at radius 2 is 1.90 bits per heavy atom. The molecule has 2 fully saturated rings. The monoisotopic (exact) mass is 557 g/mol. The first-order chi connectivity index (χ1) is 18.8. The Morgan fingerprint density at radius 3 is 2.64 bits per heavy atom. The zero-order chi connectivity index (χ0) is 27.7. The number of aliphatic hydroxyl groups is 1. The summed E-state index contributed by atoms with van der Waals surface area (Å²) >= 11 is 6.07. The minimum absolute atomic E-state index is 0.125. The predicted octanol–water partition coefficient (Wildman–Crippen LogP) is 1.60. The van der Waals surface area contributed by atoms with Gasteiger partial charge in [-0.05, 0) is 44.0 Å². The molecule has 0 aliphatic carbocycles. The average Bonchev–Trinajstić information content (AvgIpc) is 3.29. The SMILES string of the molecule is C[C@H]1CNC(=O)CC/C=C\[C@@H]2O[C@@]34C=CCN(c5ccc(Cl)cc5)C(=O)[C@@H]3N(CCCO)C(=O)[C@H]4[C@@H]2C(=O)O1. The predicted molar refractivity (Wildman–Crippen MR) is 142 cm³/mol. The van der Waals surface area contributed by atoms with Gasteiger partial charge in [0.05, 0.1) is 18.6 Å². The summed E-state index contributed by atoms with van der Waals surface area (Å²) in [5.41, 5.74) is -0.806. The third-order valence-electron chi connectivity index (χ3n) is 7.73. The summed E-state index contributed by atoms with van der Waals surface area (Å²) in [6.07, 6.45) is 6.49. The largest absolute Gasteiger partial charge is 0.460 e. The second kappa shape index (κ2) is 11.1. The molecule has 0 radical (unpaired) electrons. The second-order valence-corrected chi connectivity index (χ2v) is 10.7. The Kier molecular flexibility index (Phi) is 7.80. The molecule has 1 spiro atoms. The van der Waals surface area contributed by atoms with Gasteiger partial charge < -0.3 is 29.7 Å². The number of likely N-dealkylation sites (tertiary alicyclic amines) is 1. The van der Waals surface area contributed by atoms with Gasteiger partial charge in [0.2, 0.25) is 11.8 Å². The molecule has 1 aromatic carbocycles. The molecule has 0 unspecified atom stereocenters. The number of carbonyl (C=O) groups is 4. The van der Waals surface area contributed by atoms with Crippen LogP contribution in [0.15, 0.2) is 48.6 Å². The van der Waals surface area contributed by atoms with Gasteiger partial charge in [-0.1, -0.05) is 35.9 Å². The Labute approximate surface area is 231 Å². The van der Waals surface area contributed by atoms with E-state index in [1.165, 1.54) is 4.90 Å². The van der Waals surface area contributed by atoms with Gasteiger partial charge in [-0.25, -0.2) is 0 Å². The molecule has 4 heterocycles. The highest BCUT2D eigenvalue weighted by atomic mass is 35.5. The van der Waals surface area contributed by atoms with E-state index in [0.717, 1.165) is 0 Å². The number of hydrogen-bond acceptors (Lipinski definition) is 7. The lowest BCUT2D eigenvalue weighted by Crippen LogP contribution is -2.55. The van der Waals surface area contributed by atoms with E-state index in [1.807, 2.05) is 0 Å². The molecule has 6 atom stereocenters. The third kappa shape index (κ3) is 4.97. The maximum atomic E-state index is 14.2. The summed E-state index contributed by atoms with van der Waals surface area (Å²) in [7, 11) is 0. The van der Waals surface area contributed by atoms with Crippen LogP contribution in [0.4, 0.5) is 5.69 Å². The summed E-state index contributed by atoms with van der Waals surface area (Å²) in [6.45, 7) is 2.01. The number of allylic oxidation sites excluding steroid dienone is 1. The normalized spacial score (nSPS) is 33.8. The van der Waals surface area contributed by atoms with E-state index in [2.05, 4.69) is 5.32 Å². The van der Waals surface area contributed by atoms with Crippen molar-refractivity contribution >= 4 is 41.0 Å². The fourth-order valence-corrected chi connectivity index (χ4v) is 6.12. The maximum absolute atomic E-state index is 14.2. The van der Waals surface area contributed by atoms with Crippen molar-refractivity contribution in [2.75, 3.05) is 31.1 Å². The highest BCUT2D eigenvalue weighted by Gasteiger charge is 2.71. The van der Waals surface area contributed by atoms with Crippen LogP contribution in [0, 0.1) is 11.8 Å². The Hall–Kier alpha value is -3.21. The number of cyclic esters (lactones) is 1. The summed E-state index contributed by atoms with van der Waals surface area (Å²) in [4.78, 5) is 56.9. The number of aliphatic hydroxyl groups excluding tert-OH is 1. The van der Waals surface area contributed by atoms with Crippen LogP contribution < -0.4 is 10.2 Å². The summed E-state index contributed by atoms with van der Waals surface area (Å²) in [5.74, 6) is -3.52. The van der Waals surface area contributed by atoms with E-state index in [4.69, 9.17) is 21.1 Å². The van der Waals surface area contributed by atoms with Crippen LogP contribution in [-0.2, 0) is 28.7 Å². The standard InChI is InChI=1S/C28H32ClN3O7/c1-17-16-30-21(34)7-3-2-6-20-22(27(37)38-17)23-25(35)32(14-5-15-33)24-26(36)31(13-4-12-28(23,24)39-20)19-10-8-18(29)9-11-19/h2,4,6,8-12,17,20,22-24,33H,3,5,7,13-16H2,1H3,(H,30,34)/b6-2-/t17-,20-,22+,23+,24-,28+/m0/s1. The first kappa shape index (κ1) is 27.4. The first-order valence-corrected chi connectivity index (χ1v) is 13.6. The maximum Gasteiger partial charge on any atom is 0.313 e. The van der Waals surface area contributed by atoms with E-state index >= 15 is 0 Å². The molecular weight excluding hydrogens is 526 g/mol. The van der Waals surface area contributed by atoms with Gasteiger partial charge in [0.1, 0.15) is 23.7 Å². The minimum atomic E-state index is -1.42. The Balaban J connectivity index is 1.57. The molecule has 2 N–H and O–H groups in total. The van der Waals surface area contributed by atoms with Gasteiger partial charge in [-0.3, -0.25) is 19.2 Å². The fraction of sp³-hybridized carbons (Fsp3) is 0.500. The number of halogens is 1. The topological polar surface area (TPSA) is 125 Å². The molecule has 3 amide bonds. The Morgan fingerprint density at radius 1 is 1.13 bits per heavy atom. The van der Waals surface area contributed by atoms with Crippen molar-refractivity contribution in [1.29, 1.82) is 0 Å². The van der Waals surface area contributed by atoms with Gasteiger partial charge in [0.15, 0.2) is 0 Å². The molecule has 1 aromatic rings. The van der Waals surface area contributed by atoms with Crippen molar-refractivity contribution in [1.82, 2.24) is 10.2 Å². The smallest absolute Gasteiger partial charge is 0.313 e. The summed E-state index contributed by atoms with van der Waals surface area (Å²) in [6, 6.07) is 5.79. The number of rotatable bonds is 4. The van der Waals surface area contributed by atoms with Crippen molar-refractivity contribution in [3.63, 3.8) is 0 Å². The zero-order valence-electron chi connectivity index (χ0n) is 21.6. The van der Waals surface area contributed by atoms with Crippen molar-refractivity contribution in [2.45, 2.75) is 50.0 Å². The Bertz CT molecular complexity index is 1200. The second-order valence-electron chi connectivity index (χ2n) is 10.3. The molecule has 39 heavy (non-hydrogen) atoms. The van der Waals surface area contributed by atoms with Gasteiger partial charge in [-0.15, -0.1) is 0 Å². The third-order valence-corrected chi connectivity index (χ3v) is 7.98. The number of nitrogens with zero attached hydrogens (tertiary/aromatic N) is 2. The lowest BCUT2D eigenvalue weighted by molar-refractivity contribution is -0.158. The molecule has 10 nitrogen and oxygen atoms in total. The minimum Gasteiger partial charge on any atom is -0.460 e. The lowest BCUT2D eigenvalue weighted by atomic mass is 9.78. The number of carbonyl (C=O) groups excluding carboxylic acids is 4. The number of esters is 1. The number of hydrogen-bond donors (Lipinski definition) is 2. The number of nitrogens with one attached hydrogen (secondary N) is 1. The zero-order valence-corrected chi connectivity index (χ0v) is 22.4. The summed E-state index contributed by atoms with van der Waals surface area (Å²) < 4.78 is 12.3. The van der Waals surface area contributed by atoms with Crippen LogP contribution in [0.5, 0.6) is 0 Å². The van der Waals surface area contributed by atoms with Gasteiger partial charge in [-0.2, -0.15) is 0 Å². The lowest BCUT2D eigenvalue weighted by Gasteiger charge is -2.35. The average molecular weight is 558 g/mol. The quantitative estimate of drug-likeness (QED) is 0.425. The molecule has 4 aliphatic rings. The summed E-state index contributed by atoms with van der Waals surface area (Å²) in [5, 5.41) is 12.8. The van der Waals surface area contributed by atoms with Gasteiger partial charge in [0, 0.05) is 36.8 Å². The van der Waals surface area contributed by atoms with E-state index in [1.54, 1.807) is 60.4 Å². The molecule has 0 saturated carbocycles. The van der Waals surface area contributed by atoms with E-state index in [0.29, 0.717) is 17.1 Å². The van der Waals surface area contributed by atoms with Crippen molar-refractivity contribution < 1.29 is 33.8 Å². The van der Waals surface area contributed by atoms with Crippen LogP contribution in [-0.4, -0.2) is 83.8 Å². The van der Waals surface area contributed by atoms with Gasteiger partial charge in [0.25, 0.3) is 5.91 Å². The highest BCUT2D eigenvalue weighted by Crippen LogP contribution is 2.53. The van der Waals surface area contributed by atoms with Crippen LogP contribution >= 0.6 is 11.6 Å². The van der Waals surface area contributed by atoms with Crippen LogP contribution in [0.3, 0.4) is 0 Å². The molecule has 5 rings (SSSR count).